The molecule has 0 fully saturated rings. The smallest absolute Gasteiger partial charge is 0.205 e. The number of thioether (sulfide) groups is 1. The van der Waals surface area contributed by atoms with Crippen LogP contribution in [0, 0.1) is 0 Å². The molecule has 0 N–H and O–H groups in total. The number of hydrogen-bond donors (Lipinski definition) is 0. The molecule has 3 aromatic rings. The third-order valence-electron chi connectivity index (χ3n) is 2.84. The van der Waals surface area contributed by atoms with Crippen LogP contribution in [-0.2, 0) is 5.75 Å². The van der Waals surface area contributed by atoms with Crippen molar-refractivity contribution >= 4 is 35.0 Å². The van der Waals surface area contributed by atoms with Crippen LogP contribution in [0.3, 0.4) is 0 Å². The van der Waals surface area contributed by atoms with Crippen LogP contribution in [0.1, 0.15) is 5.89 Å². The summed E-state index contributed by atoms with van der Waals surface area (Å²) in [7, 11) is 0. The van der Waals surface area contributed by atoms with Crippen molar-refractivity contribution in [2.24, 2.45) is 0 Å². The first-order valence-corrected chi connectivity index (χ1v) is 8.04. The van der Waals surface area contributed by atoms with E-state index in [2.05, 4.69) is 4.98 Å². The Hall–Kier alpha value is -1.42. The SMILES string of the molecule is Clc1ccc(-c2cnc(CSc3cccc(Cl)c3)o2)cc1. The highest BCUT2D eigenvalue weighted by atomic mass is 35.5. The van der Waals surface area contributed by atoms with E-state index in [-0.39, 0.29) is 0 Å². The molecule has 0 spiro atoms. The monoisotopic (exact) mass is 335 g/mol. The van der Waals surface area contributed by atoms with Crippen molar-refractivity contribution in [1.29, 1.82) is 0 Å². The van der Waals surface area contributed by atoms with E-state index in [1.807, 2.05) is 48.5 Å². The van der Waals surface area contributed by atoms with E-state index in [0.29, 0.717) is 16.7 Å². The van der Waals surface area contributed by atoms with E-state index in [1.165, 1.54) is 0 Å². The van der Waals surface area contributed by atoms with Gasteiger partial charge in [-0.1, -0.05) is 29.3 Å². The van der Waals surface area contributed by atoms with Crippen molar-refractivity contribution in [3.05, 3.63) is 70.7 Å². The molecule has 0 saturated heterocycles. The highest BCUT2D eigenvalue weighted by Gasteiger charge is 2.07. The number of nitrogens with zero attached hydrogens (tertiary/aromatic N) is 1. The lowest BCUT2D eigenvalue weighted by molar-refractivity contribution is 0.530. The van der Waals surface area contributed by atoms with E-state index in [1.54, 1.807) is 18.0 Å². The van der Waals surface area contributed by atoms with Gasteiger partial charge in [0.2, 0.25) is 5.89 Å². The van der Waals surface area contributed by atoms with E-state index in [0.717, 1.165) is 21.2 Å². The second-order valence-corrected chi connectivity index (χ2v) is 6.29. The first kappa shape index (κ1) is 14.5. The van der Waals surface area contributed by atoms with Crippen molar-refractivity contribution < 1.29 is 4.42 Å². The topological polar surface area (TPSA) is 26.0 Å². The molecule has 106 valence electrons. The number of hydrogen-bond acceptors (Lipinski definition) is 3. The predicted molar refractivity (Wildman–Crippen MR) is 88.0 cm³/mol. The maximum absolute atomic E-state index is 5.96. The lowest BCUT2D eigenvalue weighted by Crippen LogP contribution is -1.79. The molecule has 0 aliphatic heterocycles. The quantitative estimate of drug-likeness (QED) is 0.551. The normalized spacial score (nSPS) is 10.8. The summed E-state index contributed by atoms with van der Waals surface area (Å²) in [5.74, 6) is 2.09. The number of rotatable bonds is 4. The Balaban J connectivity index is 1.69. The van der Waals surface area contributed by atoms with Gasteiger partial charge >= 0.3 is 0 Å². The van der Waals surface area contributed by atoms with Crippen molar-refractivity contribution in [2.75, 3.05) is 0 Å². The van der Waals surface area contributed by atoms with E-state index < -0.39 is 0 Å². The largest absolute Gasteiger partial charge is 0.440 e. The maximum atomic E-state index is 5.96. The average molecular weight is 336 g/mol. The van der Waals surface area contributed by atoms with Crippen LogP contribution in [0.2, 0.25) is 10.0 Å². The number of halogens is 2. The van der Waals surface area contributed by atoms with Gasteiger partial charge < -0.3 is 4.42 Å². The van der Waals surface area contributed by atoms with Gasteiger partial charge in [-0.3, -0.25) is 0 Å². The van der Waals surface area contributed by atoms with Gasteiger partial charge in [0.25, 0.3) is 0 Å². The summed E-state index contributed by atoms with van der Waals surface area (Å²) in [5.41, 5.74) is 0.964. The van der Waals surface area contributed by atoms with Gasteiger partial charge in [-0.25, -0.2) is 4.98 Å². The molecule has 0 aliphatic carbocycles. The number of oxazole rings is 1. The zero-order chi connectivity index (χ0) is 14.7. The lowest BCUT2D eigenvalue weighted by Gasteiger charge is -1.99. The van der Waals surface area contributed by atoms with Crippen LogP contribution in [0.15, 0.2) is 64.0 Å². The molecule has 5 heteroatoms. The summed E-state index contributed by atoms with van der Waals surface area (Å²) < 4.78 is 5.75. The third kappa shape index (κ3) is 3.82. The summed E-state index contributed by atoms with van der Waals surface area (Å²) in [6.07, 6.45) is 1.73. The molecule has 1 heterocycles. The molecule has 3 rings (SSSR count). The van der Waals surface area contributed by atoms with Gasteiger partial charge in [0.05, 0.1) is 11.9 Å². The van der Waals surface area contributed by atoms with E-state index in [9.17, 15) is 0 Å². The zero-order valence-corrected chi connectivity index (χ0v) is 13.3. The van der Waals surface area contributed by atoms with Crippen molar-refractivity contribution in [1.82, 2.24) is 4.98 Å². The van der Waals surface area contributed by atoms with Crippen molar-refractivity contribution in [2.45, 2.75) is 10.6 Å². The van der Waals surface area contributed by atoms with Crippen LogP contribution in [0.4, 0.5) is 0 Å². The molecule has 0 amide bonds. The molecule has 0 radical (unpaired) electrons. The minimum Gasteiger partial charge on any atom is -0.440 e. The first-order valence-electron chi connectivity index (χ1n) is 6.30. The highest BCUT2D eigenvalue weighted by Crippen LogP contribution is 2.27. The molecular formula is C16H11Cl2NOS. The highest BCUT2D eigenvalue weighted by molar-refractivity contribution is 7.98. The summed E-state index contributed by atoms with van der Waals surface area (Å²) in [5, 5.41) is 1.43. The van der Waals surface area contributed by atoms with E-state index >= 15 is 0 Å². The van der Waals surface area contributed by atoms with Crippen LogP contribution in [-0.4, -0.2) is 4.98 Å². The van der Waals surface area contributed by atoms with Crippen LogP contribution < -0.4 is 0 Å². The van der Waals surface area contributed by atoms with Gasteiger partial charge in [-0.2, -0.15) is 0 Å². The molecule has 0 aliphatic rings. The Morgan fingerprint density at radius 3 is 2.57 bits per heavy atom. The lowest BCUT2D eigenvalue weighted by atomic mass is 10.2. The summed E-state index contributed by atoms with van der Waals surface area (Å²) in [4.78, 5) is 5.39. The van der Waals surface area contributed by atoms with Gasteiger partial charge in [-0.15, -0.1) is 11.8 Å². The molecule has 2 aromatic carbocycles. The molecule has 0 bridgehead atoms. The fourth-order valence-electron chi connectivity index (χ4n) is 1.83. The van der Waals surface area contributed by atoms with Crippen LogP contribution >= 0.6 is 35.0 Å². The van der Waals surface area contributed by atoms with Crippen molar-refractivity contribution in [3.8, 4) is 11.3 Å². The Morgan fingerprint density at radius 2 is 1.81 bits per heavy atom. The fourth-order valence-corrected chi connectivity index (χ4v) is 3.02. The standard InChI is InChI=1S/C16H11Cl2NOS/c17-12-6-4-11(5-7-12)15-9-19-16(20-15)10-21-14-3-1-2-13(18)8-14/h1-9H,10H2. The summed E-state index contributed by atoms with van der Waals surface area (Å²) >= 11 is 13.5. The predicted octanol–water partition coefficient (Wildman–Crippen LogP) is 5.94. The Morgan fingerprint density at radius 1 is 1.00 bits per heavy atom. The van der Waals surface area contributed by atoms with E-state index in [4.69, 9.17) is 27.6 Å². The van der Waals surface area contributed by atoms with Gasteiger partial charge in [0, 0.05) is 20.5 Å². The van der Waals surface area contributed by atoms with Gasteiger partial charge in [-0.05, 0) is 42.5 Å². The number of benzene rings is 2. The molecule has 2 nitrogen and oxygen atoms in total. The van der Waals surface area contributed by atoms with Crippen LogP contribution in [0.25, 0.3) is 11.3 Å². The first-order chi connectivity index (χ1) is 10.2. The van der Waals surface area contributed by atoms with Gasteiger partial charge in [0.1, 0.15) is 0 Å². The molecule has 21 heavy (non-hydrogen) atoms. The number of aromatic nitrogens is 1. The average Bonchev–Trinajstić information content (AvgIpc) is 2.95. The maximum Gasteiger partial charge on any atom is 0.205 e. The van der Waals surface area contributed by atoms with Crippen molar-refractivity contribution in [3.63, 3.8) is 0 Å². The molecule has 0 unspecified atom stereocenters. The Bertz CT molecular complexity index is 740. The second kappa shape index (κ2) is 6.56. The fraction of sp³-hybridized carbons (Fsp3) is 0.0625. The Labute approximate surface area is 137 Å². The summed E-state index contributed by atoms with van der Waals surface area (Å²) in [6.45, 7) is 0. The molecule has 1 aromatic heterocycles. The molecule has 0 atom stereocenters. The van der Waals surface area contributed by atoms with Gasteiger partial charge in [0.15, 0.2) is 5.76 Å². The molecular weight excluding hydrogens is 325 g/mol. The third-order valence-corrected chi connectivity index (χ3v) is 4.31. The summed E-state index contributed by atoms with van der Waals surface area (Å²) in [6, 6.07) is 15.2. The second-order valence-electron chi connectivity index (χ2n) is 4.37. The minimum atomic E-state index is 0.661. The van der Waals surface area contributed by atoms with Crippen LogP contribution in [0.5, 0.6) is 0 Å². The molecule has 0 saturated carbocycles. The minimum absolute atomic E-state index is 0.661. The zero-order valence-electron chi connectivity index (χ0n) is 10.9. The Kier molecular flexibility index (Phi) is 4.54.